The van der Waals surface area contributed by atoms with Crippen LogP contribution in [0.5, 0.6) is 0 Å². The van der Waals surface area contributed by atoms with Crippen LogP contribution in [0, 0.1) is 11.8 Å². The third kappa shape index (κ3) is 3.23. The van der Waals surface area contributed by atoms with Crippen LogP contribution in [-0.2, 0) is 0 Å². The molecule has 0 bridgehead atoms. The summed E-state index contributed by atoms with van der Waals surface area (Å²) < 4.78 is 0. The van der Waals surface area contributed by atoms with Crippen LogP contribution in [0.15, 0.2) is 48.6 Å². The summed E-state index contributed by atoms with van der Waals surface area (Å²) in [6.45, 7) is 4.60. The van der Waals surface area contributed by atoms with Crippen molar-refractivity contribution in [2.45, 2.75) is 38.8 Å². The van der Waals surface area contributed by atoms with Gasteiger partial charge in [0, 0.05) is 12.1 Å². The standard InChI is InChI=1S/C17H25N/c1-14-8-4-6-10-16(13-12-14)18(3)17-11-7-5-9-15(17)2/h5-7,9-17H,4,8H2,1-3H3. The van der Waals surface area contributed by atoms with Gasteiger partial charge in [0.2, 0.25) is 0 Å². The van der Waals surface area contributed by atoms with Crippen LogP contribution >= 0.6 is 0 Å². The SMILES string of the molecule is CC1C=CC(N(C)C2C=CC=CC2C)C=CCC1. The monoisotopic (exact) mass is 243 g/mol. The summed E-state index contributed by atoms with van der Waals surface area (Å²) in [5.41, 5.74) is 0. The average Bonchev–Trinajstić information content (AvgIpc) is 2.34. The zero-order chi connectivity index (χ0) is 13.0. The smallest absolute Gasteiger partial charge is 0.0464 e. The first-order valence-electron chi connectivity index (χ1n) is 7.10. The highest BCUT2D eigenvalue weighted by Gasteiger charge is 2.22. The first-order valence-corrected chi connectivity index (χ1v) is 7.10. The van der Waals surface area contributed by atoms with E-state index in [9.17, 15) is 0 Å². The van der Waals surface area contributed by atoms with Crippen LogP contribution in [0.4, 0.5) is 0 Å². The van der Waals surface area contributed by atoms with E-state index in [1.54, 1.807) is 0 Å². The molecule has 1 heteroatoms. The summed E-state index contributed by atoms with van der Waals surface area (Å²) >= 11 is 0. The van der Waals surface area contributed by atoms with Crippen LogP contribution in [0.25, 0.3) is 0 Å². The molecule has 0 aromatic rings. The molecule has 1 nitrogen and oxygen atoms in total. The first-order chi connectivity index (χ1) is 8.68. The van der Waals surface area contributed by atoms with Crippen molar-refractivity contribution in [1.82, 2.24) is 4.90 Å². The van der Waals surface area contributed by atoms with E-state index in [0.717, 1.165) is 0 Å². The highest BCUT2D eigenvalue weighted by atomic mass is 15.2. The van der Waals surface area contributed by atoms with Crippen LogP contribution in [0.1, 0.15) is 26.7 Å². The molecule has 0 saturated carbocycles. The topological polar surface area (TPSA) is 3.24 Å². The number of hydrogen-bond donors (Lipinski definition) is 0. The van der Waals surface area contributed by atoms with Crippen molar-refractivity contribution in [3.8, 4) is 0 Å². The lowest BCUT2D eigenvalue weighted by molar-refractivity contribution is 0.229. The Morgan fingerprint density at radius 3 is 2.50 bits per heavy atom. The van der Waals surface area contributed by atoms with Gasteiger partial charge in [0.05, 0.1) is 0 Å². The van der Waals surface area contributed by atoms with E-state index < -0.39 is 0 Å². The molecule has 0 amide bonds. The predicted molar refractivity (Wildman–Crippen MR) is 79.5 cm³/mol. The molecule has 0 radical (unpaired) electrons. The summed E-state index contributed by atoms with van der Waals surface area (Å²) in [5.74, 6) is 1.29. The maximum Gasteiger partial charge on any atom is 0.0464 e. The number of allylic oxidation sites excluding steroid dienone is 4. The second-order valence-corrected chi connectivity index (χ2v) is 5.64. The van der Waals surface area contributed by atoms with E-state index >= 15 is 0 Å². The van der Waals surface area contributed by atoms with Crippen molar-refractivity contribution in [2.24, 2.45) is 11.8 Å². The molecule has 0 heterocycles. The van der Waals surface area contributed by atoms with Gasteiger partial charge >= 0.3 is 0 Å². The normalized spacial score (nSPS) is 35.8. The quantitative estimate of drug-likeness (QED) is 0.664. The molecule has 2 aliphatic carbocycles. The molecule has 0 spiro atoms. The van der Waals surface area contributed by atoms with Crippen molar-refractivity contribution in [2.75, 3.05) is 7.05 Å². The molecule has 2 rings (SSSR count). The van der Waals surface area contributed by atoms with Gasteiger partial charge in [0.1, 0.15) is 0 Å². The number of hydrogen-bond acceptors (Lipinski definition) is 1. The Morgan fingerprint density at radius 1 is 0.944 bits per heavy atom. The summed E-state index contributed by atoms with van der Waals surface area (Å²) in [6.07, 6.45) is 20.8. The van der Waals surface area contributed by atoms with Gasteiger partial charge in [0.15, 0.2) is 0 Å². The van der Waals surface area contributed by atoms with E-state index in [-0.39, 0.29) is 0 Å². The molecule has 2 aliphatic rings. The van der Waals surface area contributed by atoms with Crippen molar-refractivity contribution in [1.29, 1.82) is 0 Å². The second kappa shape index (κ2) is 6.19. The molecule has 98 valence electrons. The lowest BCUT2D eigenvalue weighted by Gasteiger charge is -2.34. The van der Waals surface area contributed by atoms with Gasteiger partial charge in [-0.05, 0) is 31.7 Å². The highest BCUT2D eigenvalue weighted by molar-refractivity contribution is 5.19. The van der Waals surface area contributed by atoms with Crippen molar-refractivity contribution in [3.63, 3.8) is 0 Å². The molecule has 4 atom stereocenters. The molecule has 0 N–H and O–H groups in total. The van der Waals surface area contributed by atoms with Crippen molar-refractivity contribution >= 4 is 0 Å². The Morgan fingerprint density at radius 2 is 1.72 bits per heavy atom. The van der Waals surface area contributed by atoms with Crippen LogP contribution in [0.2, 0.25) is 0 Å². The number of nitrogens with zero attached hydrogens (tertiary/aromatic N) is 1. The Bertz CT molecular complexity index is 375. The first kappa shape index (κ1) is 13.4. The summed E-state index contributed by atoms with van der Waals surface area (Å²) in [4.78, 5) is 2.47. The minimum Gasteiger partial charge on any atom is -0.289 e. The minimum absolute atomic E-state index is 0.427. The molecular formula is C17H25N. The Balaban J connectivity index is 2.09. The number of likely N-dealkylation sites (N-methyl/N-ethyl adjacent to an activating group) is 1. The molecule has 0 aliphatic heterocycles. The summed E-state index contributed by atoms with van der Waals surface area (Å²) in [5, 5.41) is 0. The van der Waals surface area contributed by atoms with E-state index in [2.05, 4.69) is 74.4 Å². The van der Waals surface area contributed by atoms with E-state index in [4.69, 9.17) is 0 Å². The van der Waals surface area contributed by atoms with Gasteiger partial charge < -0.3 is 0 Å². The predicted octanol–water partition coefficient (Wildman–Crippen LogP) is 3.96. The fourth-order valence-corrected chi connectivity index (χ4v) is 2.74. The third-order valence-corrected chi connectivity index (χ3v) is 4.07. The van der Waals surface area contributed by atoms with Crippen LogP contribution < -0.4 is 0 Å². The van der Waals surface area contributed by atoms with Crippen molar-refractivity contribution < 1.29 is 0 Å². The van der Waals surface area contributed by atoms with Crippen LogP contribution in [-0.4, -0.2) is 24.0 Å². The number of rotatable bonds is 2. The van der Waals surface area contributed by atoms with Gasteiger partial charge in [-0.15, -0.1) is 0 Å². The van der Waals surface area contributed by atoms with Gasteiger partial charge in [-0.25, -0.2) is 0 Å². The van der Waals surface area contributed by atoms with Gasteiger partial charge in [-0.1, -0.05) is 62.5 Å². The molecule has 0 aromatic heterocycles. The minimum atomic E-state index is 0.427. The maximum absolute atomic E-state index is 2.47. The average molecular weight is 243 g/mol. The molecule has 0 saturated heterocycles. The summed E-state index contributed by atoms with van der Waals surface area (Å²) in [6, 6.07) is 0.931. The fourth-order valence-electron chi connectivity index (χ4n) is 2.74. The lowest BCUT2D eigenvalue weighted by atomic mass is 9.93. The van der Waals surface area contributed by atoms with Gasteiger partial charge in [-0.2, -0.15) is 0 Å². The maximum atomic E-state index is 2.47. The molecular weight excluding hydrogens is 218 g/mol. The Labute approximate surface area is 112 Å². The largest absolute Gasteiger partial charge is 0.289 e. The molecule has 0 aromatic carbocycles. The van der Waals surface area contributed by atoms with Gasteiger partial charge in [-0.3, -0.25) is 4.90 Å². The zero-order valence-corrected chi connectivity index (χ0v) is 11.8. The second-order valence-electron chi connectivity index (χ2n) is 5.64. The molecule has 0 fully saturated rings. The summed E-state index contributed by atoms with van der Waals surface area (Å²) in [7, 11) is 2.23. The Kier molecular flexibility index (Phi) is 4.60. The molecule has 4 unspecified atom stereocenters. The van der Waals surface area contributed by atoms with E-state index in [1.807, 2.05) is 0 Å². The third-order valence-electron chi connectivity index (χ3n) is 4.07. The van der Waals surface area contributed by atoms with Gasteiger partial charge in [0.25, 0.3) is 0 Å². The molecule has 18 heavy (non-hydrogen) atoms. The van der Waals surface area contributed by atoms with E-state index in [0.29, 0.717) is 23.9 Å². The zero-order valence-electron chi connectivity index (χ0n) is 11.8. The highest BCUT2D eigenvalue weighted by Crippen LogP contribution is 2.22. The van der Waals surface area contributed by atoms with Crippen LogP contribution in [0.3, 0.4) is 0 Å². The lowest BCUT2D eigenvalue weighted by Crippen LogP contribution is -2.41. The van der Waals surface area contributed by atoms with Crippen molar-refractivity contribution in [3.05, 3.63) is 48.6 Å². The van der Waals surface area contributed by atoms with E-state index in [1.165, 1.54) is 12.8 Å². The Hall–Kier alpha value is -1.08. The fraction of sp³-hybridized carbons (Fsp3) is 0.529.